The van der Waals surface area contributed by atoms with Crippen LogP contribution in [-0.2, 0) is 18.3 Å². The number of rotatable bonds is 3. The summed E-state index contributed by atoms with van der Waals surface area (Å²) in [7, 11) is 1.68. The Morgan fingerprint density at radius 2 is 2.22 bits per heavy atom. The smallest absolute Gasteiger partial charge is 0.231 e. The molecule has 0 aliphatic heterocycles. The standard InChI is InChI=1S/C14H12Cl2N6O/c1-22-13(7(5-17)6-20-22)8-2-3-10(15)9(12(8)16)4-11(23)21-14(18)19/h2-3,6H,4H2,1H3,(H4,18,19,21,23). The molecule has 2 rings (SSSR count). The lowest BCUT2D eigenvalue weighted by Gasteiger charge is -2.12. The Bertz CT molecular complexity index is 837. The van der Waals surface area contributed by atoms with Crippen molar-refractivity contribution in [3.05, 3.63) is 39.5 Å². The molecule has 0 spiro atoms. The SMILES string of the molecule is Cn1ncc(C#N)c1-c1ccc(Cl)c(CC(=O)NC(=N)N)c1Cl. The third-order valence-corrected chi connectivity index (χ3v) is 3.90. The van der Waals surface area contributed by atoms with E-state index < -0.39 is 11.9 Å². The van der Waals surface area contributed by atoms with Crippen LogP contribution in [-0.4, -0.2) is 21.6 Å². The first-order chi connectivity index (χ1) is 10.8. The van der Waals surface area contributed by atoms with E-state index in [4.69, 9.17) is 34.3 Å². The molecule has 2 aromatic rings. The van der Waals surface area contributed by atoms with E-state index in [2.05, 4.69) is 10.4 Å². The van der Waals surface area contributed by atoms with E-state index in [1.165, 1.54) is 10.9 Å². The van der Waals surface area contributed by atoms with Crippen LogP contribution in [0.3, 0.4) is 0 Å². The molecule has 118 valence electrons. The molecule has 23 heavy (non-hydrogen) atoms. The molecule has 4 N–H and O–H groups in total. The number of aryl methyl sites for hydroxylation is 1. The lowest BCUT2D eigenvalue weighted by Crippen LogP contribution is -2.36. The van der Waals surface area contributed by atoms with E-state index in [0.717, 1.165) is 0 Å². The van der Waals surface area contributed by atoms with Gasteiger partial charge >= 0.3 is 0 Å². The minimum Gasteiger partial charge on any atom is -0.370 e. The summed E-state index contributed by atoms with van der Waals surface area (Å²) in [5.41, 5.74) is 6.94. The molecule has 7 nitrogen and oxygen atoms in total. The Morgan fingerprint density at radius 3 is 2.83 bits per heavy atom. The van der Waals surface area contributed by atoms with Gasteiger partial charge in [-0.3, -0.25) is 20.2 Å². The number of hydrogen-bond donors (Lipinski definition) is 3. The van der Waals surface area contributed by atoms with E-state index in [9.17, 15) is 10.1 Å². The van der Waals surface area contributed by atoms with Gasteiger partial charge in [0.25, 0.3) is 0 Å². The molecule has 1 heterocycles. The molecular formula is C14H12Cl2N6O. The molecule has 1 aromatic carbocycles. The molecular weight excluding hydrogens is 339 g/mol. The normalized spacial score (nSPS) is 10.2. The van der Waals surface area contributed by atoms with Gasteiger partial charge in [0.15, 0.2) is 5.96 Å². The Balaban J connectivity index is 2.51. The molecule has 1 aromatic heterocycles. The van der Waals surface area contributed by atoms with E-state index in [-0.39, 0.29) is 11.4 Å². The summed E-state index contributed by atoms with van der Waals surface area (Å²) in [6.07, 6.45) is 1.28. The largest absolute Gasteiger partial charge is 0.370 e. The van der Waals surface area contributed by atoms with Crippen molar-refractivity contribution in [3.63, 3.8) is 0 Å². The fourth-order valence-electron chi connectivity index (χ4n) is 2.14. The second-order valence-corrected chi connectivity index (χ2v) is 5.45. The Morgan fingerprint density at radius 1 is 1.52 bits per heavy atom. The lowest BCUT2D eigenvalue weighted by molar-refractivity contribution is -0.119. The molecule has 0 saturated heterocycles. The maximum absolute atomic E-state index is 11.8. The summed E-state index contributed by atoms with van der Waals surface area (Å²) in [5, 5.41) is 23.0. The minimum atomic E-state index is -0.510. The second kappa shape index (κ2) is 6.69. The zero-order chi connectivity index (χ0) is 17.1. The number of benzene rings is 1. The number of hydrogen-bond acceptors (Lipinski definition) is 4. The first-order valence-electron chi connectivity index (χ1n) is 6.38. The third-order valence-electron chi connectivity index (χ3n) is 3.11. The maximum atomic E-state index is 11.8. The van der Waals surface area contributed by atoms with Gasteiger partial charge in [-0.05, 0) is 17.7 Å². The van der Waals surface area contributed by atoms with Crippen LogP contribution >= 0.6 is 23.2 Å². The summed E-state index contributed by atoms with van der Waals surface area (Å²) in [5.74, 6) is -0.972. The zero-order valence-electron chi connectivity index (χ0n) is 12.0. The van der Waals surface area contributed by atoms with Gasteiger partial charge in [0.05, 0.1) is 28.9 Å². The molecule has 0 atom stereocenters. The van der Waals surface area contributed by atoms with E-state index in [1.54, 1.807) is 19.2 Å². The summed E-state index contributed by atoms with van der Waals surface area (Å²) >= 11 is 12.5. The van der Waals surface area contributed by atoms with E-state index in [1.807, 2.05) is 6.07 Å². The first-order valence-corrected chi connectivity index (χ1v) is 7.14. The van der Waals surface area contributed by atoms with Crippen LogP contribution in [0.5, 0.6) is 0 Å². The zero-order valence-corrected chi connectivity index (χ0v) is 13.5. The predicted molar refractivity (Wildman–Crippen MR) is 87.1 cm³/mol. The summed E-state index contributed by atoms with van der Waals surface area (Å²) in [4.78, 5) is 11.8. The predicted octanol–water partition coefficient (Wildman–Crippen LogP) is 1.82. The van der Waals surface area contributed by atoms with Crippen LogP contribution in [0, 0.1) is 16.7 Å². The molecule has 0 aliphatic carbocycles. The van der Waals surface area contributed by atoms with Crippen LogP contribution in [0.4, 0.5) is 0 Å². The quantitative estimate of drug-likeness (QED) is 0.577. The van der Waals surface area contributed by atoms with Crippen molar-refractivity contribution < 1.29 is 4.79 Å². The lowest BCUT2D eigenvalue weighted by atomic mass is 10.0. The van der Waals surface area contributed by atoms with Gasteiger partial charge in [-0.2, -0.15) is 10.4 Å². The summed E-state index contributed by atoms with van der Waals surface area (Å²) in [6.45, 7) is 0. The monoisotopic (exact) mass is 350 g/mol. The highest BCUT2D eigenvalue weighted by atomic mass is 35.5. The number of carbonyl (C=O) groups excluding carboxylic acids is 1. The molecule has 0 radical (unpaired) electrons. The topological polar surface area (TPSA) is 121 Å². The highest BCUT2D eigenvalue weighted by molar-refractivity contribution is 6.38. The number of amides is 1. The van der Waals surface area contributed by atoms with Crippen LogP contribution in [0.25, 0.3) is 11.3 Å². The Labute approximate surface area is 142 Å². The number of nitrogens with one attached hydrogen (secondary N) is 2. The summed E-state index contributed by atoms with van der Waals surface area (Å²) in [6, 6.07) is 5.30. The van der Waals surface area contributed by atoms with Gasteiger partial charge in [0, 0.05) is 17.6 Å². The Kier molecular flexibility index (Phi) is 4.89. The van der Waals surface area contributed by atoms with Gasteiger partial charge in [0.2, 0.25) is 5.91 Å². The number of carbonyl (C=O) groups is 1. The van der Waals surface area contributed by atoms with Crippen molar-refractivity contribution in [2.45, 2.75) is 6.42 Å². The van der Waals surface area contributed by atoms with Crippen molar-refractivity contribution >= 4 is 35.1 Å². The van der Waals surface area contributed by atoms with Crippen LogP contribution in [0.2, 0.25) is 10.0 Å². The number of nitrogens with zero attached hydrogens (tertiary/aromatic N) is 3. The number of halogens is 2. The molecule has 0 aliphatic rings. The third kappa shape index (κ3) is 3.44. The van der Waals surface area contributed by atoms with Crippen molar-refractivity contribution in [1.82, 2.24) is 15.1 Å². The van der Waals surface area contributed by atoms with Gasteiger partial charge in [-0.1, -0.05) is 23.2 Å². The second-order valence-electron chi connectivity index (χ2n) is 4.67. The Hall–Kier alpha value is -2.56. The molecule has 0 saturated carbocycles. The van der Waals surface area contributed by atoms with Crippen LogP contribution < -0.4 is 11.1 Å². The fraction of sp³-hybridized carbons (Fsp3) is 0.143. The molecule has 1 amide bonds. The summed E-state index contributed by atoms with van der Waals surface area (Å²) < 4.78 is 1.52. The van der Waals surface area contributed by atoms with E-state index >= 15 is 0 Å². The molecule has 0 unspecified atom stereocenters. The number of guanidine groups is 1. The van der Waals surface area contributed by atoms with Crippen molar-refractivity contribution in [2.24, 2.45) is 12.8 Å². The highest BCUT2D eigenvalue weighted by Gasteiger charge is 2.19. The first kappa shape index (κ1) is 16.8. The van der Waals surface area contributed by atoms with Gasteiger partial charge in [0.1, 0.15) is 6.07 Å². The van der Waals surface area contributed by atoms with Crippen LogP contribution in [0.1, 0.15) is 11.1 Å². The highest BCUT2D eigenvalue weighted by Crippen LogP contribution is 2.36. The average molecular weight is 351 g/mol. The number of nitrogens with two attached hydrogens (primary N) is 1. The van der Waals surface area contributed by atoms with Gasteiger partial charge < -0.3 is 5.73 Å². The number of nitriles is 1. The van der Waals surface area contributed by atoms with Crippen molar-refractivity contribution in [2.75, 3.05) is 0 Å². The van der Waals surface area contributed by atoms with Gasteiger partial charge in [-0.25, -0.2) is 0 Å². The molecule has 9 heteroatoms. The average Bonchev–Trinajstić information content (AvgIpc) is 2.84. The maximum Gasteiger partial charge on any atom is 0.231 e. The molecule has 0 fully saturated rings. The van der Waals surface area contributed by atoms with Gasteiger partial charge in [-0.15, -0.1) is 0 Å². The minimum absolute atomic E-state index is 0.148. The fourth-order valence-corrected chi connectivity index (χ4v) is 2.73. The van der Waals surface area contributed by atoms with Crippen LogP contribution in [0.15, 0.2) is 18.3 Å². The van der Waals surface area contributed by atoms with Crippen molar-refractivity contribution in [3.8, 4) is 17.3 Å². The van der Waals surface area contributed by atoms with Crippen molar-refractivity contribution in [1.29, 1.82) is 10.7 Å². The van der Waals surface area contributed by atoms with E-state index in [0.29, 0.717) is 27.4 Å². The number of aromatic nitrogens is 2. The molecule has 0 bridgehead atoms.